The molecule has 0 saturated carbocycles. The Morgan fingerprint density at radius 1 is 1.50 bits per heavy atom. The lowest BCUT2D eigenvalue weighted by Crippen LogP contribution is -2.46. The average Bonchev–Trinajstić information content (AvgIpc) is 2.16. The van der Waals surface area contributed by atoms with Crippen LogP contribution in [0.3, 0.4) is 0 Å². The summed E-state index contributed by atoms with van der Waals surface area (Å²) in [6.07, 6.45) is 3.96. The van der Waals surface area contributed by atoms with Gasteiger partial charge in [0.25, 0.3) is 0 Å². The highest BCUT2D eigenvalue weighted by atomic mass is 33.3. The van der Waals surface area contributed by atoms with Crippen molar-refractivity contribution in [3.05, 3.63) is 0 Å². The predicted octanol–water partition coefficient (Wildman–Crippen LogP) is 2.42. The van der Waals surface area contributed by atoms with Gasteiger partial charge in [0.05, 0.1) is 0 Å². The standard InChI is InChI=1S/C10H21NS3/c1-3-10-9(8-14(12)13)6-5-7-11(10)4-2/h9-10H,3-8H2,1-2H3,(H,12,13)/t9-,10-/m0/s1. The number of piperidine rings is 1. The van der Waals surface area contributed by atoms with Gasteiger partial charge in [-0.15, -0.1) is 11.7 Å². The van der Waals surface area contributed by atoms with E-state index >= 15 is 0 Å². The van der Waals surface area contributed by atoms with E-state index in [4.69, 9.17) is 11.2 Å². The van der Waals surface area contributed by atoms with Gasteiger partial charge in [-0.25, -0.2) is 0 Å². The Labute approximate surface area is 100 Å². The molecule has 0 amide bonds. The Balaban J connectivity index is 2.58. The summed E-state index contributed by atoms with van der Waals surface area (Å²) in [4.78, 5) is 2.62. The van der Waals surface area contributed by atoms with Crippen LogP contribution in [-0.4, -0.2) is 29.8 Å². The fourth-order valence-electron chi connectivity index (χ4n) is 2.57. The normalized spacial score (nSPS) is 31.6. The summed E-state index contributed by atoms with van der Waals surface area (Å²) in [6, 6.07) is 0.763. The van der Waals surface area contributed by atoms with Crippen molar-refractivity contribution in [1.29, 1.82) is 0 Å². The van der Waals surface area contributed by atoms with Crippen molar-refractivity contribution in [2.24, 2.45) is 5.92 Å². The van der Waals surface area contributed by atoms with Crippen LogP contribution in [0.25, 0.3) is 0 Å². The first-order chi connectivity index (χ1) is 6.69. The van der Waals surface area contributed by atoms with Crippen molar-refractivity contribution in [3.8, 4) is 0 Å². The van der Waals surface area contributed by atoms with Gasteiger partial charge in [0.1, 0.15) is 0 Å². The third-order valence-electron chi connectivity index (χ3n) is 3.21. The topological polar surface area (TPSA) is 3.24 Å². The Hall–Kier alpha value is 0.880. The monoisotopic (exact) mass is 251 g/mol. The lowest BCUT2D eigenvalue weighted by atomic mass is 9.89. The quantitative estimate of drug-likeness (QED) is 0.604. The van der Waals surface area contributed by atoms with Crippen molar-refractivity contribution in [1.82, 2.24) is 4.90 Å². The molecule has 1 heterocycles. The number of likely N-dealkylation sites (tertiary alicyclic amines) is 1. The fraction of sp³-hybridized carbons (Fsp3) is 1.00. The third kappa shape index (κ3) is 3.47. The average molecular weight is 251 g/mol. The maximum atomic E-state index is 5.21. The van der Waals surface area contributed by atoms with Gasteiger partial charge < -0.3 is 4.90 Å². The summed E-state index contributed by atoms with van der Waals surface area (Å²) in [5.74, 6) is 1.93. The molecule has 3 atom stereocenters. The molecule has 0 aliphatic carbocycles. The van der Waals surface area contributed by atoms with Gasteiger partial charge in [-0.05, 0) is 49.5 Å². The molecule has 14 heavy (non-hydrogen) atoms. The van der Waals surface area contributed by atoms with E-state index in [1.165, 1.54) is 32.4 Å². The van der Waals surface area contributed by atoms with Crippen LogP contribution in [0.4, 0.5) is 0 Å². The maximum absolute atomic E-state index is 5.21. The Bertz CT molecular complexity index is 196. The summed E-state index contributed by atoms with van der Waals surface area (Å²) < 4.78 is 0. The summed E-state index contributed by atoms with van der Waals surface area (Å²) in [5, 5.41) is 0. The lowest BCUT2D eigenvalue weighted by Gasteiger charge is -2.40. The molecular weight excluding hydrogens is 230 g/mol. The molecule has 0 aromatic rings. The second kappa shape index (κ2) is 6.46. The summed E-state index contributed by atoms with van der Waals surface area (Å²) in [5.41, 5.74) is 0. The van der Waals surface area contributed by atoms with E-state index in [9.17, 15) is 0 Å². The Morgan fingerprint density at radius 3 is 2.71 bits per heavy atom. The largest absolute Gasteiger partial charge is 0.300 e. The first kappa shape index (κ1) is 12.9. The number of hydrogen-bond donors (Lipinski definition) is 1. The van der Waals surface area contributed by atoms with E-state index in [1.54, 1.807) is 0 Å². The van der Waals surface area contributed by atoms with Crippen LogP contribution in [0.2, 0.25) is 0 Å². The number of rotatable bonds is 4. The number of nitrogens with zero attached hydrogens (tertiary/aromatic N) is 1. The van der Waals surface area contributed by atoms with E-state index in [1.807, 2.05) is 0 Å². The first-order valence-corrected chi connectivity index (χ1v) is 8.87. The van der Waals surface area contributed by atoms with Crippen LogP contribution in [0, 0.1) is 5.92 Å². The van der Waals surface area contributed by atoms with Crippen molar-refractivity contribution in [2.45, 2.75) is 39.2 Å². The minimum Gasteiger partial charge on any atom is -0.300 e. The van der Waals surface area contributed by atoms with Crippen LogP contribution in [0.1, 0.15) is 33.1 Å². The smallest absolute Gasteiger partial charge is 0.0129 e. The molecule has 1 nitrogen and oxygen atoms in total. The SMILES string of the molecule is CC[C@H]1[C@H](CS(=S)S)CCCN1CC. The van der Waals surface area contributed by atoms with E-state index in [0.29, 0.717) is 0 Å². The predicted molar refractivity (Wildman–Crippen MR) is 72.6 cm³/mol. The zero-order chi connectivity index (χ0) is 10.6. The second-order valence-corrected chi connectivity index (χ2v) is 8.24. The van der Waals surface area contributed by atoms with Gasteiger partial charge >= 0.3 is 0 Å². The molecule has 1 fully saturated rings. The van der Waals surface area contributed by atoms with Gasteiger partial charge in [0.2, 0.25) is 0 Å². The molecule has 0 radical (unpaired) electrons. The van der Waals surface area contributed by atoms with E-state index in [-0.39, 0.29) is 8.49 Å². The highest BCUT2D eigenvalue weighted by Crippen LogP contribution is 2.26. The minimum atomic E-state index is -0.101. The van der Waals surface area contributed by atoms with E-state index < -0.39 is 0 Å². The van der Waals surface area contributed by atoms with Gasteiger partial charge in [0.15, 0.2) is 0 Å². The molecule has 4 heteroatoms. The van der Waals surface area contributed by atoms with Crippen LogP contribution >= 0.6 is 11.7 Å². The summed E-state index contributed by atoms with van der Waals surface area (Å²) in [6.45, 7) is 7.03. The van der Waals surface area contributed by atoms with Crippen LogP contribution < -0.4 is 0 Å². The number of hydrogen-bond acceptors (Lipinski definition) is 2. The van der Waals surface area contributed by atoms with Gasteiger partial charge in [-0.1, -0.05) is 22.3 Å². The van der Waals surface area contributed by atoms with Crippen molar-refractivity contribution >= 4 is 31.3 Å². The Kier molecular flexibility index (Phi) is 5.97. The fourth-order valence-corrected chi connectivity index (χ4v) is 4.43. The lowest BCUT2D eigenvalue weighted by molar-refractivity contribution is 0.106. The van der Waals surface area contributed by atoms with Crippen molar-refractivity contribution in [3.63, 3.8) is 0 Å². The molecule has 1 unspecified atom stereocenters. The molecule has 1 aliphatic heterocycles. The molecule has 0 aromatic carbocycles. The molecule has 1 aliphatic rings. The molecule has 0 N–H and O–H groups in total. The molecule has 0 spiro atoms. The maximum Gasteiger partial charge on any atom is 0.0129 e. The highest BCUT2D eigenvalue weighted by Gasteiger charge is 2.28. The van der Waals surface area contributed by atoms with Crippen LogP contribution in [0.15, 0.2) is 0 Å². The molecule has 0 aromatic heterocycles. The zero-order valence-electron chi connectivity index (χ0n) is 9.11. The van der Waals surface area contributed by atoms with Crippen molar-refractivity contribution < 1.29 is 0 Å². The van der Waals surface area contributed by atoms with E-state index in [2.05, 4.69) is 30.4 Å². The number of thiol groups is 1. The highest BCUT2D eigenvalue weighted by molar-refractivity contribution is 8.76. The summed E-state index contributed by atoms with van der Waals surface area (Å²) >= 11 is 9.58. The zero-order valence-corrected chi connectivity index (χ0v) is 11.6. The summed E-state index contributed by atoms with van der Waals surface area (Å²) in [7, 11) is -0.101. The third-order valence-corrected chi connectivity index (χ3v) is 4.78. The molecule has 84 valence electrons. The first-order valence-electron chi connectivity index (χ1n) is 5.50. The molecular formula is C10H21NS3. The molecule has 0 bridgehead atoms. The van der Waals surface area contributed by atoms with Crippen molar-refractivity contribution in [2.75, 3.05) is 18.8 Å². The van der Waals surface area contributed by atoms with E-state index in [0.717, 1.165) is 17.7 Å². The Morgan fingerprint density at radius 2 is 2.21 bits per heavy atom. The van der Waals surface area contributed by atoms with Gasteiger partial charge in [-0.2, -0.15) is 0 Å². The van der Waals surface area contributed by atoms with Crippen LogP contribution in [-0.2, 0) is 19.7 Å². The minimum absolute atomic E-state index is 0.101. The van der Waals surface area contributed by atoms with Gasteiger partial charge in [0, 0.05) is 11.8 Å². The molecule has 1 rings (SSSR count). The van der Waals surface area contributed by atoms with Gasteiger partial charge in [-0.3, -0.25) is 0 Å². The second-order valence-electron chi connectivity index (χ2n) is 3.99. The van der Waals surface area contributed by atoms with Crippen LogP contribution in [0.5, 0.6) is 0 Å². The molecule has 1 saturated heterocycles.